The summed E-state index contributed by atoms with van der Waals surface area (Å²) in [7, 11) is 0. The zero-order chi connectivity index (χ0) is 21.4. The van der Waals surface area contributed by atoms with E-state index in [0.29, 0.717) is 25.2 Å². The highest BCUT2D eigenvalue weighted by Gasteiger charge is 2.38. The van der Waals surface area contributed by atoms with Crippen molar-refractivity contribution in [2.75, 3.05) is 19.6 Å². The van der Waals surface area contributed by atoms with E-state index < -0.39 is 0 Å². The summed E-state index contributed by atoms with van der Waals surface area (Å²) in [5.74, 6) is 0.200. The molecule has 6 nitrogen and oxygen atoms in total. The van der Waals surface area contributed by atoms with Gasteiger partial charge in [0.15, 0.2) is 0 Å². The number of imidazole rings is 1. The van der Waals surface area contributed by atoms with Crippen molar-refractivity contribution in [1.29, 1.82) is 0 Å². The van der Waals surface area contributed by atoms with Crippen molar-refractivity contribution < 1.29 is 14.0 Å². The van der Waals surface area contributed by atoms with Gasteiger partial charge in [-0.05, 0) is 62.1 Å². The number of halogens is 1. The first-order valence-corrected chi connectivity index (χ1v) is 10.9. The Hall–Kier alpha value is -3.22. The van der Waals surface area contributed by atoms with Gasteiger partial charge in [-0.1, -0.05) is 12.1 Å². The van der Waals surface area contributed by atoms with Gasteiger partial charge >= 0.3 is 0 Å². The number of para-hydroxylation sites is 2. The van der Waals surface area contributed by atoms with E-state index in [2.05, 4.69) is 4.98 Å². The van der Waals surface area contributed by atoms with Crippen LogP contribution in [0.1, 0.15) is 47.9 Å². The summed E-state index contributed by atoms with van der Waals surface area (Å²) in [4.78, 5) is 38.1. The van der Waals surface area contributed by atoms with Crippen LogP contribution in [0.2, 0.25) is 0 Å². The summed E-state index contributed by atoms with van der Waals surface area (Å²) in [5, 5.41) is 0. The molecule has 0 spiro atoms. The molecule has 1 N–H and O–H groups in total. The maximum atomic E-state index is 13.4. The number of aromatic nitrogens is 2. The molecule has 31 heavy (non-hydrogen) atoms. The van der Waals surface area contributed by atoms with E-state index in [9.17, 15) is 14.0 Å². The highest BCUT2D eigenvalue weighted by atomic mass is 19.1. The van der Waals surface area contributed by atoms with E-state index in [1.165, 1.54) is 24.3 Å². The molecule has 5 rings (SSSR count). The quantitative estimate of drug-likeness (QED) is 0.698. The molecule has 0 saturated carbocycles. The molecule has 3 heterocycles. The Morgan fingerprint density at radius 1 is 1.00 bits per heavy atom. The Bertz CT molecular complexity index is 1080. The van der Waals surface area contributed by atoms with Gasteiger partial charge in [0.1, 0.15) is 11.6 Å². The lowest BCUT2D eigenvalue weighted by atomic mass is 9.95. The molecule has 2 aliphatic heterocycles. The number of fused-ring (bicyclic) bond motifs is 1. The molecule has 2 unspecified atom stereocenters. The minimum atomic E-state index is -0.367. The molecular formula is C24H25FN4O2. The lowest BCUT2D eigenvalue weighted by molar-refractivity contribution is -0.138. The molecule has 2 fully saturated rings. The zero-order valence-corrected chi connectivity index (χ0v) is 17.3. The second kappa shape index (κ2) is 8.13. The fraction of sp³-hybridized carbons (Fsp3) is 0.375. The van der Waals surface area contributed by atoms with Gasteiger partial charge in [-0.3, -0.25) is 9.59 Å². The van der Waals surface area contributed by atoms with E-state index in [4.69, 9.17) is 4.98 Å². The van der Waals surface area contributed by atoms with Crippen molar-refractivity contribution in [2.24, 2.45) is 5.92 Å². The van der Waals surface area contributed by atoms with Gasteiger partial charge in [0.05, 0.1) is 23.0 Å². The number of aromatic amines is 1. The first-order valence-electron chi connectivity index (χ1n) is 10.9. The van der Waals surface area contributed by atoms with Crippen molar-refractivity contribution in [3.63, 3.8) is 0 Å². The standard InChI is InChI=1S/C24H25FN4O2/c25-18-11-9-16(10-12-18)23(30)28-13-3-5-17(15-28)24(31)29-14-4-8-21(29)22-26-19-6-1-2-7-20(19)27-22/h1-2,6-7,9-12,17,21H,3-5,8,13-15H2,(H,26,27). The minimum Gasteiger partial charge on any atom is -0.340 e. The third kappa shape index (κ3) is 3.80. The summed E-state index contributed by atoms with van der Waals surface area (Å²) in [6, 6.07) is 13.4. The molecular weight excluding hydrogens is 395 g/mol. The fourth-order valence-electron chi connectivity index (χ4n) is 4.82. The van der Waals surface area contributed by atoms with Gasteiger partial charge < -0.3 is 14.8 Å². The third-order valence-corrected chi connectivity index (χ3v) is 6.41. The van der Waals surface area contributed by atoms with Gasteiger partial charge in [-0.25, -0.2) is 9.37 Å². The monoisotopic (exact) mass is 420 g/mol. The second-order valence-corrected chi connectivity index (χ2v) is 8.43. The molecule has 0 bridgehead atoms. The number of nitrogens with one attached hydrogen (secondary N) is 1. The predicted octanol–water partition coefficient (Wildman–Crippen LogP) is 3.92. The van der Waals surface area contributed by atoms with Crippen LogP contribution in [0.15, 0.2) is 48.5 Å². The van der Waals surface area contributed by atoms with Gasteiger partial charge in [-0.2, -0.15) is 0 Å². The van der Waals surface area contributed by atoms with Crippen LogP contribution in [0, 0.1) is 11.7 Å². The number of nitrogens with zero attached hydrogens (tertiary/aromatic N) is 3. The van der Waals surface area contributed by atoms with Crippen LogP contribution < -0.4 is 0 Å². The van der Waals surface area contributed by atoms with Crippen LogP contribution in [0.5, 0.6) is 0 Å². The molecule has 7 heteroatoms. The average Bonchev–Trinajstić information content (AvgIpc) is 3.45. The first kappa shape index (κ1) is 19.7. The van der Waals surface area contributed by atoms with E-state index in [-0.39, 0.29) is 29.6 Å². The Labute approximate surface area is 180 Å². The highest BCUT2D eigenvalue weighted by molar-refractivity contribution is 5.94. The van der Waals surface area contributed by atoms with E-state index >= 15 is 0 Å². The first-order chi connectivity index (χ1) is 15.1. The summed E-state index contributed by atoms with van der Waals surface area (Å²) < 4.78 is 13.2. The molecule has 2 atom stereocenters. The van der Waals surface area contributed by atoms with Crippen LogP contribution in [0.25, 0.3) is 11.0 Å². The SMILES string of the molecule is O=C(c1ccc(F)cc1)N1CCCC(C(=O)N2CCCC2c2nc3ccccc3[nH]2)C1. The second-order valence-electron chi connectivity index (χ2n) is 8.43. The van der Waals surface area contributed by atoms with Gasteiger partial charge in [-0.15, -0.1) is 0 Å². The van der Waals surface area contributed by atoms with Crippen LogP contribution in [0.4, 0.5) is 4.39 Å². The summed E-state index contributed by atoms with van der Waals surface area (Å²) in [5.41, 5.74) is 2.34. The molecule has 0 aliphatic carbocycles. The largest absolute Gasteiger partial charge is 0.340 e. The lowest BCUT2D eigenvalue weighted by Gasteiger charge is -2.35. The Balaban J connectivity index is 1.31. The Morgan fingerprint density at radius 2 is 1.77 bits per heavy atom. The number of H-pyrrole nitrogens is 1. The number of hydrogen-bond acceptors (Lipinski definition) is 3. The number of carbonyl (C=O) groups is 2. The van der Waals surface area contributed by atoms with Crippen molar-refractivity contribution >= 4 is 22.8 Å². The van der Waals surface area contributed by atoms with Gasteiger partial charge in [0.2, 0.25) is 5.91 Å². The highest BCUT2D eigenvalue weighted by Crippen LogP contribution is 2.34. The van der Waals surface area contributed by atoms with Crippen LogP contribution in [0.3, 0.4) is 0 Å². The molecule has 2 aromatic carbocycles. The van der Waals surface area contributed by atoms with E-state index in [1.807, 2.05) is 29.2 Å². The summed E-state index contributed by atoms with van der Waals surface area (Å²) in [6.07, 6.45) is 3.39. The van der Waals surface area contributed by atoms with Crippen molar-refractivity contribution in [1.82, 2.24) is 19.8 Å². The zero-order valence-electron chi connectivity index (χ0n) is 17.3. The fourth-order valence-corrected chi connectivity index (χ4v) is 4.82. The molecule has 160 valence electrons. The number of rotatable bonds is 3. The topological polar surface area (TPSA) is 69.3 Å². The summed E-state index contributed by atoms with van der Waals surface area (Å²) in [6.45, 7) is 1.73. The van der Waals surface area contributed by atoms with Gasteiger partial charge in [0, 0.05) is 25.2 Å². The predicted molar refractivity (Wildman–Crippen MR) is 115 cm³/mol. The molecule has 1 aromatic heterocycles. The Kier molecular flexibility index (Phi) is 5.18. The van der Waals surface area contributed by atoms with E-state index in [1.54, 1.807) is 4.90 Å². The van der Waals surface area contributed by atoms with Crippen LogP contribution in [-0.2, 0) is 4.79 Å². The molecule has 2 amide bonds. The number of amides is 2. The van der Waals surface area contributed by atoms with Gasteiger partial charge in [0.25, 0.3) is 5.91 Å². The number of benzene rings is 2. The third-order valence-electron chi connectivity index (χ3n) is 6.41. The molecule has 2 aliphatic rings. The molecule has 3 aromatic rings. The van der Waals surface area contributed by atoms with Crippen molar-refractivity contribution in [3.8, 4) is 0 Å². The summed E-state index contributed by atoms with van der Waals surface area (Å²) >= 11 is 0. The molecule has 2 saturated heterocycles. The Morgan fingerprint density at radius 3 is 2.58 bits per heavy atom. The van der Waals surface area contributed by atoms with Crippen molar-refractivity contribution in [3.05, 3.63) is 65.7 Å². The number of likely N-dealkylation sites (tertiary alicyclic amines) is 2. The smallest absolute Gasteiger partial charge is 0.253 e. The average molecular weight is 420 g/mol. The maximum Gasteiger partial charge on any atom is 0.253 e. The number of hydrogen-bond donors (Lipinski definition) is 1. The minimum absolute atomic E-state index is 0.0527. The number of carbonyl (C=O) groups excluding carboxylic acids is 2. The number of piperidine rings is 1. The van der Waals surface area contributed by atoms with Crippen molar-refractivity contribution in [2.45, 2.75) is 31.7 Å². The normalized spacial score (nSPS) is 21.6. The lowest BCUT2D eigenvalue weighted by Crippen LogP contribution is -2.46. The van der Waals surface area contributed by atoms with Crippen LogP contribution in [-0.4, -0.2) is 51.2 Å². The van der Waals surface area contributed by atoms with E-state index in [0.717, 1.165) is 42.5 Å². The molecule has 0 radical (unpaired) electrons. The maximum absolute atomic E-state index is 13.4. The van der Waals surface area contributed by atoms with Crippen LogP contribution >= 0.6 is 0 Å².